The Hall–Kier alpha value is -3.74. The summed E-state index contributed by atoms with van der Waals surface area (Å²) in [5, 5.41) is 14.2. The molecule has 0 bridgehead atoms. The number of aromatic nitrogens is 4. The van der Waals surface area contributed by atoms with E-state index in [1.54, 1.807) is 18.5 Å². The maximum absolute atomic E-state index is 9.38. The highest BCUT2D eigenvalue weighted by molar-refractivity contribution is 7.71. The average Bonchev–Trinajstić information content (AvgIpc) is 3.50. The van der Waals surface area contributed by atoms with Crippen LogP contribution in [-0.4, -0.2) is 50.4 Å². The van der Waals surface area contributed by atoms with Gasteiger partial charge in [0, 0.05) is 32.4 Å². The highest BCUT2D eigenvalue weighted by atomic mass is 32.1. The molecule has 1 fully saturated rings. The molecule has 9 heteroatoms. The second kappa shape index (κ2) is 9.40. The van der Waals surface area contributed by atoms with Gasteiger partial charge in [-0.25, -0.2) is 9.67 Å². The lowest BCUT2D eigenvalue weighted by atomic mass is 10.2. The fourth-order valence-electron chi connectivity index (χ4n) is 4.06. The number of hydrogen-bond acceptors (Lipinski definition) is 7. The van der Waals surface area contributed by atoms with E-state index >= 15 is 0 Å². The van der Waals surface area contributed by atoms with E-state index in [4.69, 9.17) is 21.7 Å². The number of nitrogens with zero attached hydrogens (tertiary/aromatic N) is 7. The number of pyridine rings is 1. The van der Waals surface area contributed by atoms with Gasteiger partial charge in [0.25, 0.3) is 0 Å². The van der Waals surface area contributed by atoms with Gasteiger partial charge in [0.1, 0.15) is 11.9 Å². The zero-order valence-corrected chi connectivity index (χ0v) is 18.9. The van der Waals surface area contributed by atoms with Gasteiger partial charge in [0.05, 0.1) is 25.0 Å². The Morgan fingerprint density at radius 3 is 2.55 bits per heavy atom. The van der Waals surface area contributed by atoms with Crippen molar-refractivity contribution < 1.29 is 4.42 Å². The molecule has 0 atom stereocenters. The van der Waals surface area contributed by atoms with Crippen molar-refractivity contribution in [2.75, 3.05) is 31.1 Å². The topological polar surface area (TPSA) is 79.1 Å². The number of benzene rings is 1. The van der Waals surface area contributed by atoms with Gasteiger partial charge in [-0.1, -0.05) is 30.3 Å². The minimum Gasteiger partial charge on any atom is -0.461 e. The number of anilines is 1. The van der Waals surface area contributed by atoms with E-state index in [9.17, 15) is 5.26 Å². The van der Waals surface area contributed by atoms with Gasteiger partial charge in [-0.2, -0.15) is 5.26 Å². The van der Waals surface area contributed by atoms with Gasteiger partial charge < -0.3 is 9.32 Å². The Morgan fingerprint density at radius 2 is 1.82 bits per heavy atom. The first-order valence-electron chi connectivity index (χ1n) is 10.8. The fraction of sp³-hybridized carbons (Fsp3) is 0.250. The Bertz CT molecular complexity index is 1310. The van der Waals surface area contributed by atoms with Crippen molar-refractivity contribution in [1.82, 2.24) is 24.2 Å². The van der Waals surface area contributed by atoms with Crippen LogP contribution in [0.5, 0.6) is 0 Å². The molecule has 1 saturated heterocycles. The summed E-state index contributed by atoms with van der Waals surface area (Å²) in [6.45, 7) is 4.44. The van der Waals surface area contributed by atoms with Crippen LogP contribution in [0.4, 0.5) is 5.82 Å². The van der Waals surface area contributed by atoms with E-state index in [1.807, 2.05) is 45.6 Å². The maximum atomic E-state index is 9.38. The van der Waals surface area contributed by atoms with E-state index in [0.29, 0.717) is 29.3 Å². The zero-order valence-electron chi connectivity index (χ0n) is 18.0. The molecule has 4 aromatic rings. The molecular weight excluding hydrogens is 434 g/mol. The second-order valence-corrected chi connectivity index (χ2v) is 8.25. The first-order chi connectivity index (χ1) is 16.2. The maximum Gasteiger partial charge on any atom is 0.199 e. The van der Waals surface area contributed by atoms with Crippen molar-refractivity contribution in [3.63, 3.8) is 0 Å². The quantitative estimate of drug-likeness (QED) is 0.408. The van der Waals surface area contributed by atoms with Crippen LogP contribution in [0.2, 0.25) is 0 Å². The minimum absolute atomic E-state index is 0.593. The van der Waals surface area contributed by atoms with Crippen molar-refractivity contribution in [3.8, 4) is 17.7 Å². The van der Waals surface area contributed by atoms with Crippen molar-refractivity contribution in [2.24, 2.45) is 0 Å². The van der Waals surface area contributed by atoms with E-state index in [-0.39, 0.29) is 0 Å². The van der Waals surface area contributed by atoms with Gasteiger partial charge in [0.2, 0.25) is 0 Å². The van der Waals surface area contributed by atoms with Crippen molar-refractivity contribution >= 4 is 18.0 Å². The third-order valence-corrected chi connectivity index (χ3v) is 6.19. The number of piperazine rings is 1. The van der Waals surface area contributed by atoms with Gasteiger partial charge in [0.15, 0.2) is 16.4 Å². The lowest BCUT2D eigenvalue weighted by Gasteiger charge is -2.35. The van der Waals surface area contributed by atoms with Crippen LogP contribution in [0.1, 0.15) is 11.1 Å². The number of hydrogen-bond donors (Lipinski definition) is 0. The molecule has 3 aromatic heterocycles. The summed E-state index contributed by atoms with van der Waals surface area (Å²) in [6.07, 6.45) is 3.38. The van der Waals surface area contributed by atoms with E-state index in [1.165, 1.54) is 0 Å². The van der Waals surface area contributed by atoms with Crippen LogP contribution in [0, 0.1) is 16.1 Å². The van der Waals surface area contributed by atoms with Gasteiger partial charge in [-0.15, -0.1) is 5.10 Å². The van der Waals surface area contributed by atoms with Crippen molar-refractivity contribution in [2.45, 2.75) is 13.2 Å². The Kier molecular flexibility index (Phi) is 6.02. The summed E-state index contributed by atoms with van der Waals surface area (Å²) < 4.78 is 10.2. The molecule has 1 aromatic carbocycles. The molecule has 33 heavy (non-hydrogen) atoms. The van der Waals surface area contributed by atoms with Crippen LogP contribution in [0.3, 0.4) is 0 Å². The third-order valence-electron chi connectivity index (χ3n) is 5.76. The SMILES string of the molecule is N#Cc1cccnc1N1CCN(Cn2nc(-c3ccco3)n(Cc3ccccc3)c2=S)CC1. The molecule has 166 valence electrons. The summed E-state index contributed by atoms with van der Waals surface area (Å²) in [4.78, 5) is 8.89. The summed E-state index contributed by atoms with van der Waals surface area (Å²) >= 11 is 5.83. The van der Waals surface area contributed by atoms with E-state index in [2.05, 4.69) is 33.0 Å². The summed E-state index contributed by atoms with van der Waals surface area (Å²) in [5.74, 6) is 2.17. The normalized spacial score (nSPS) is 14.3. The molecule has 0 radical (unpaired) electrons. The van der Waals surface area contributed by atoms with E-state index in [0.717, 1.165) is 43.4 Å². The first-order valence-corrected chi connectivity index (χ1v) is 11.2. The van der Waals surface area contributed by atoms with Crippen LogP contribution >= 0.6 is 12.2 Å². The van der Waals surface area contributed by atoms with Crippen LogP contribution in [0.15, 0.2) is 71.5 Å². The lowest BCUT2D eigenvalue weighted by Crippen LogP contribution is -2.47. The van der Waals surface area contributed by atoms with Crippen LogP contribution in [0.25, 0.3) is 11.6 Å². The van der Waals surface area contributed by atoms with Crippen molar-refractivity contribution in [1.29, 1.82) is 5.26 Å². The second-order valence-electron chi connectivity index (χ2n) is 7.89. The third kappa shape index (κ3) is 4.44. The molecular formula is C24H23N7OS. The summed E-state index contributed by atoms with van der Waals surface area (Å²) in [6, 6.07) is 19.8. The highest BCUT2D eigenvalue weighted by Gasteiger charge is 2.22. The predicted molar refractivity (Wildman–Crippen MR) is 127 cm³/mol. The molecule has 1 aliphatic heterocycles. The molecule has 0 spiro atoms. The van der Waals surface area contributed by atoms with Crippen LogP contribution < -0.4 is 4.90 Å². The average molecular weight is 458 g/mol. The Balaban J connectivity index is 1.35. The standard InChI is InChI=1S/C24H23N7OS/c25-16-20-8-4-10-26-22(20)29-13-11-28(12-14-29)18-31-24(33)30(17-19-6-2-1-3-7-19)23(27-31)21-9-5-15-32-21/h1-10,15H,11-14,17-18H2. The fourth-order valence-corrected chi connectivity index (χ4v) is 4.31. The first kappa shape index (κ1) is 21.1. The van der Waals surface area contributed by atoms with Crippen molar-refractivity contribution in [3.05, 3.63) is 83.0 Å². The summed E-state index contributed by atoms with van der Waals surface area (Å²) in [5.41, 5.74) is 1.76. The molecule has 0 unspecified atom stereocenters. The zero-order chi connectivity index (χ0) is 22.6. The molecule has 0 amide bonds. The van der Waals surface area contributed by atoms with Crippen LogP contribution in [-0.2, 0) is 13.2 Å². The molecule has 4 heterocycles. The predicted octanol–water partition coefficient (Wildman–Crippen LogP) is 3.77. The molecule has 0 N–H and O–H groups in total. The number of nitriles is 1. The van der Waals surface area contributed by atoms with Gasteiger partial charge >= 0.3 is 0 Å². The summed E-state index contributed by atoms with van der Waals surface area (Å²) in [7, 11) is 0. The van der Waals surface area contributed by atoms with Gasteiger partial charge in [-0.3, -0.25) is 9.47 Å². The molecule has 0 saturated carbocycles. The lowest BCUT2D eigenvalue weighted by molar-refractivity contribution is 0.194. The van der Waals surface area contributed by atoms with Gasteiger partial charge in [-0.05, 0) is 42.0 Å². The molecule has 8 nitrogen and oxygen atoms in total. The highest BCUT2D eigenvalue weighted by Crippen LogP contribution is 2.22. The number of furan rings is 1. The molecule has 0 aliphatic carbocycles. The Morgan fingerprint density at radius 1 is 1.00 bits per heavy atom. The van der Waals surface area contributed by atoms with E-state index < -0.39 is 0 Å². The molecule has 5 rings (SSSR count). The Labute approximate surface area is 196 Å². The molecule has 1 aliphatic rings. The number of rotatable bonds is 6. The monoisotopic (exact) mass is 457 g/mol. The smallest absolute Gasteiger partial charge is 0.199 e. The minimum atomic E-state index is 0.593. The largest absolute Gasteiger partial charge is 0.461 e.